The molecule has 0 bridgehead atoms. The molecule has 1 aliphatic carbocycles. The quantitative estimate of drug-likeness (QED) is 0.635. The Balaban J connectivity index is 1.42. The fourth-order valence-corrected chi connectivity index (χ4v) is 4.60. The molecule has 30 heavy (non-hydrogen) atoms. The third kappa shape index (κ3) is 3.39. The first kappa shape index (κ1) is 19.2. The summed E-state index contributed by atoms with van der Waals surface area (Å²) in [5.41, 5.74) is 0.543. The number of piperidine rings is 1. The minimum absolute atomic E-state index is 0.115. The smallest absolute Gasteiger partial charge is 0.266 e. The van der Waals surface area contributed by atoms with Gasteiger partial charge in [-0.2, -0.15) is 0 Å². The molecule has 1 atom stereocenters. The fraction of sp³-hybridized carbons (Fsp3) is 0.417. The van der Waals surface area contributed by atoms with E-state index in [-0.39, 0.29) is 22.7 Å². The zero-order valence-electron chi connectivity index (χ0n) is 17.2. The monoisotopic (exact) mass is 407 g/mol. The van der Waals surface area contributed by atoms with Gasteiger partial charge in [-0.1, -0.05) is 12.5 Å². The Labute approximate surface area is 175 Å². The number of para-hydroxylation sites is 1. The number of halogens is 1. The van der Waals surface area contributed by atoms with Crippen LogP contribution in [0.1, 0.15) is 44.3 Å². The molecule has 156 valence electrons. The summed E-state index contributed by atoms with van der Waals surface area (Å²) in [5.74, 6) is 0.780. The van der Waals surface area contributed by atoms with Crippen LogP contribution in [-0.4, -0.2) is 33.3 Å². The molecular formula is C24H26FN3O2. The second-order valence-electron chi connectivity index (χ2n) is 8.32. The number of hydrogen-bond donors (Lipinski definition) is 0. The van der Waals surface area contributed by atoms with E-state index in [0.717, 1.165) is 18.7 Å². The van der Waals surface area contributed by atoms with Crippen LogP contribution in [0, 0.1) is 12.7 Å². The van der Waals surface area contributed by atoms with Gasteiger partial charge in [0, 0.05) is 12.6 Å². The van der Waals surface area contributed by atoms with Crippen molar-refractivity contribution in [3.05, 3.63) is 64.5 Å². The summed E-state index contributed by atoms with van der Waals surface area (Å²) in [4.78, 5) is 19.8. The van der Waals surface area contributed by atoms with Crippen molar-refractivity contribution >= 4 is 10.9 Å². The summed E-state index contributed by atoms with van der Waals surface area (Å²) >= 11 is 0. The number of fused-ring (bicyclic) bond motifs is 1. The molecule has 0 spiro atoms. The van der Waals surface area contributed by atoms with Crippen molar-refractivity contribution in [3.8, 4) is 11.4 Å². The lowest BCUT2D eigenvalue weighted by Gasteiger charge is -2.44. The first-order valence-electron chi connectivity index (χ1n) is 10.8. The Hall–Kier alpha value is -2.73. The zero-order chi connectivity index (χ0) is 20.7. The second-order valence-corrected chi connectivity index (χ2v) is 8.32. The molecule has 6 heteroatoms. The predicted molar refractivity (Wildman–Crippen MR) is 115 cm³/mol. The molecule has 1 aliphatic heterocycles. The van der Waals surface area contributed by atoms with Crippen molar-refractivity contribution in [3.63, 3.8) is 0 Å². The third-order valence-corrected chi connectivity index (χ3v) is 6.42. The Morgan fingerprint density at radius 1 is 1.03 bits per heavy atom. The molecule has 1 unspecified atom stereocenters. The number of ether oxygens (including phenoxy) is 1. The molecule has 5 rings (SSSR count). The van der Waals surface area contributed by atoms with Crippen LogP contribution in [0.3, 0.4) is 0 Å². The van der Waals surface area contributed by atoms with E-state index in [1.54, 1.807) is 13.0 Å². The minimum Gasteiger partial charge on any atom is -0.475 e. The molecule has 3 aromatic rings. The van der Waals surface area contributed by atoms with E-state index in [0.29, 0.717) is 17.6 Å². The van der Waals surface area contributed by atoms with E-state index >= 15 is 0 Å². The largest absolute Gasteiger partial charge is 0.475 e. The number of aromatic nitrogens is 2. The Kier molecular flexibility index (Phi) is 5.03. The number of rotatable bonds is 4. The van der Waals surface area contributed by atoms with Crippen LogP contribution in [-0.2, 0) is 0 Å². The second kappa shape index (κ2) is 7.84. The van der Waals surface area contributed by atoms with E-state index in [9.17, 15) is 9.18 Å². The van der Waals surface area contributed by atoms with E-state index in [1.807, 2.05) is 24.3 Å². The topological polar surface area (TPSA) is 47.4 Å². The summed E-state index contributed by atoms with van der Waals surface area (Å²) in [5, 5.41) is 0.277. The molecular weight excluding hydrogens is 381 g/mol. The maximum Gasteiger partial charge on any atom is 0.266 e. The average Bonchev–Trinajstić information content (AvgIpc) is 2.70. The molecule has 5 nitrogen and oxygen atoms in total. The maximum atomic E-state index is 14.0. The number of nitrogens with zero attached hydrogens (tertiary/aromatic N) is 3. The van der Waals surface area contributed by atoms with Crippen molar-refractivity contribution in [1.82, 2.24) is 14.5 Å². The van der Waals surface area contributed by atoms with Gasteiger partial charge in [0.2, 0.25) is 0 Å². The van der Waals surface area contributed by atoms with Crippen LogP contribution in [0.5, 0.6) is 5.75 Å². The van der Waals surface area contributed by atoms with Crippen LogP contribution in [0.15, 0.2) is 47.3 Å². The first-order valence-corrected chi connectivity index (χ1v) is 10.8. The van der Waals surface area contributed by atoms with Crippen LogP contribution in [0.2, 0.25) is 0 Å². The van der Waals surface area contributed by atoms with Gasteiger partial charge in [0.25, 0.3) is 5.56 Å². The summed E-state index contributed by atoms with van der Waals surface area (Å²) in [6, 6.07) is 12.7. The van der Waals surface area contributed by atoms with Gasteiger partial charge in [-0.3, -0.25) is 14.3 Å². The van der Waals surface area contributed by atoms with Gasteiger partial charge in [-0.05, 0) is 75.4 Å². The number of benzene rings is 2. The predicted octanol–water partition coefficient (Wildman–Crippen LogP) is 4.58. The van der Waals surface area contributed by atoms with Gasteiger partial charge >= 0.3 is 0 Å². The summed E-state index contributed by atoms with van der Waals surface area (Å²) in [6.07, 6.45) is 7.49. The number of hydrogen-bond acceptors (Lipinski definition) is 4. The van der Waals surface area contributed by atoms with Gasteiger partial charge in [0.05, 0.1) is 11.1 Å². The van der Waals surface area contributed by atoms with Gasteiger partial charge in [-0.25, -0.2) is 9.37 Å². The molecule has 2 aliphatic rings. The molecule has 0 N–H and O–H groups in total. The van der Waals surface area contributed by atoms with Crippen molar-refractivity contribution in [2.24, 2.45) is 0 Å². The average molecular weight is 407 g/mol. The Morgan fingerprint density at radius 2 is 1.83 bits per heavy atom. The minimum atomic E-state index is -0.480. The molecule has 2 fully saturated rings. The standard InChI is InChI=1S/C24H26FN3O2/c1-16-26-23-20(8-5-9-21(23)25)24(29)28(16)18-11-13-19(14-12-18)30-22-10-2-3-15-27(22)17-6-4-7-17/h5,8-9,11-14,17,22H,2-4,6-7,10,15H2,1H3. The number of likely N-dealkylation sites (tertiary alicyclic amines) is 1. The highest BCUT2D eigenvalue weighted by atomic mass is 19.1. The van der Waals surface area contributed by atoms with E-state index in [1.165, 1.54) is 48.8 Å². The number of aryl methyl sites for hydroxylation is 1. The maximum absolute atomic E-state index is 14.0. The molecule has 2 heterocycles. The van der Waals surface area contributed by atoms with Crippen LogP contribution in [0.25, 0.3) is 16.6 Å². The summed E-state index contributed by atoms with van der Waals surface area (Å²) in [6.45, 7) is 2.83. The van der Waals surface area contributed by atoms with Gasteiger partial charge in [-0.15, -0.1) is 0 Å². The highest BCUT2D eigenvalue weighted by Crippen LogP contribution is 2.32. The molecule has 1 saturated heterocycles. The van der Waals surface area contributed by atoms with Crippen molar-refractivity contribution in [1.29, 1.82) is 0 Å². The molecule has 1 saturated carbocycles. The van der Waals surface area contributed by atoms with E-state index < -0.39 is 5.82 Å². The van der Waals surface area contributed by atoms with Crippen molar-refractivity contribution in [2.45, 2.75) is 57.7 Å². The third-order valence-electron chi connectivity index (χ3n) is 6.42. The van der Waals surface area contributed by atoms with Crippen LogP contribution in [0.4, 0.5) is 4.39 Å². The fourth-order valence-electron chi connectivity index (χ4n) is 4.60. The molecule has 0 radical (unpaired) electrons. The van der Waals surface area contributed by atoms with E-state index in [2.05, 4.69) is 9.88 Å². The molecule has 0 amide bonds. The lowest BCUT2D eigenvalue weighted by atomic mass is 9.89. The highest BCUT2D eigenvalue weighted by molar-refractivity contribution is 5.78. The summed E-state index contributed by atoms with van der Waals surface area (Å²) < 4.78 is 21.9. The Bertz CT molecular complexity index is 1120. The molecule has 1 aromatic heterocycles. The lowest BCUT2D eigenvalue weighted by Crippen LogP contribution is -2.51. The van der Waals surface area contributed by atoms with E-state index in [4.69, 9.17) is 4.74 Å². The van der Waals surface area contributed by atoms with Gasteiger partial charge < -0.3 is 4.74 Å². The van der Waals surface area contributed by atoms with Crippen molar-refractivity contribution < 1.29 is 9.13 Å². The normalized spacial score (nSPS) is 20.3. The van der Waals surface area contributed by atoms with Crippen LogP contribution < -0.4 is 10.3 Å². The van der Waals surface area contributed by atoms with Crippen LogP contribution >= 0.6 is 0 Å². The summed E-state index contributed by atoms with van der Waals surface area (Å²) in [7, 11) is 0. The molecule has 2 aromatic carbocycles. The first-order chi connectivity index (χ1) is 14.6. The zero-order valence-corrected chi connectivity index (χ0v) is 17.2. The highest BCUT2D eigenvalue weighted by Gasteiger charge is 2.33. The SMILES string of the molecule is Cc1nc2c(F)cccc2c(=O)n1-c1ccc(OC2CCCCN2C2CCC2)cc1. The van der Waals surface area contributed by atoms with Crippen molar-refractivity contribution in [2.75, 3.05) is 6.54 Å². The Morgan fingerprint density at radius 3 is 2.57 bits per heavy atom. The lowest BCUT2D eigenvalue weighted by molar-refractivity contribution is -0.0523. The van der Waals surface area contributed by atoms with Gasteiger partial charge in [0.1, 0.15) is 22.9 Å². The van der Waals surface area contributed by atoms with Gasteiger partial charge in [0.15, 0.2) is 6.23 Å².